The summed E-state index contributed by atoms with van der Waals surface area (Å²) < 4.78 is 44.7. The molecule has 0 bridgehead atoms. The maximum absolute atomic E-state index is 13.8. The van der Waals surface area contributed by atoms with Crippen LogP contribution in [0.3, 0.4) is 0 Å². The molecular weight excluding hydrogens is 321 g/mol. The Labute approximate surface area is 133 Å². The van der Waals surface area contributed by atoms with E-state index in [4.69, 9.17) is 4.74 Å². The number of rotatable bonds is 4. The summed E-state index contributed by atoms with van der Waals surface area (Å²) in [5.74, 6) is 0.380. The molecule has 0 spiro atoms. The fraction of sp³-hybridized carbons (Fsp3) is 0.267. The molecule has 0 saturated heterocycles. The minimum Gasteiger partial charge on any atom is -0.490 e. The van der Waals surface area contributed by atoms with E-state index in [-0.39, 0.29) is 16.7 Å². The van der Waals surface area contributed by atoms with Gasteiger partial charge in [-0.25, -0.2) is 22.5 Å². The number of pyridine rings is 1. The van der Waals surface area contributed by atoms with E-state index in [0.717, 1.165) is 5.56 Å². The molecule has 0 saturated carbocycles. The quantitative estimate of drug-likeness (QED) is 0.893. The van der Waals surface area contributed by atoms with Gasteiger partial charge in [-0.3, -0.25) is 0 Å². The molecular formula is C15H16FN3O3S. The zero-order valence-corrected chi connectivity index (χ0v) is 13.2. The number of aromatic nitrogens is 1. The lowest BCUT2D eigenvalue weighted by molar-refractivity contribution is 0.260. The standard InChI is InChI=1S/C15H16FN3O3S/c1-17-23(20,21)10-5-6-14(18-9-10)19-13-7-8-22-15-11(13)3-2-4-12(15)16/h2-6,9,13,17H,7-8H2,1H3,(H,18,19)/t13-/m0/s1. The van der Waals surface area contributed by atoms with Gasteiger partial charge in [0.05, 0.1) is 12.6 Å². The monoisotopic (exact) mass is 337 g/mol. The molecule has 6 nitrogen and oxygen atoms in total. The first-order chi connectivity index (χ1) is 11.0. The van der Waals surface area contributed by atoms with Crippen molar-refractivity contribution in [3.05, 3.63) is 47.9 Å². The van der Waals surface area contributed by atoms with Gasteiger partial charge >= 0.3 is 0 Å². The zero-order valence-electron chi connectivity index (χ0n) is 12.4. The maximum Gasteiger partial charge on any atom is 0.241 e. The molecule has 0 aliphatic carbocycles. The van der Waals surface area contributed by atoms with E-state index in [9.17, 15) is 12.8 Å². The van der Waals surface area contributed by atoms with Crippen LogP contribution in [0.4, 0.5) is 10.2 Å². The van der Waals surface area contributed by atoms with Crippen LogP contribution in [-0.2, 0) is 10.0 Å². The minimum absolute atomic E-state index is 0.0870. The summed E-state index contributed by atoms with van der Waals surface area (Å²) in [4.78, 5) is 4.20. The van der Waals surface area contributed by atoms with Gasteiger partial charge in [0.2, 0.25) is 10.0 Å². The molecule has 1 aromatic heterocycles. The lowest BCUT2D eigenvalue weighted by Gasteiger charge is -2.27. The third-order valence-electron chi connectivity index (χ3n) is 3.66. The predicted octanol–water partition coefficient (Wildman–Crippen LogP) is 2.06. The van der Waals surface area contributed by atoms with Gasteiger partial charge in [-0.2, -0.15) is 0 Å². The van der Waals surface area contributed by atoms with Crippen molar-refractivity contribution >= 4 is 15.8 Å². The van der Waals surface area contributed by atoms with Crippen molar-refractivity contribution in [2.24, 2.45) is 0 Å². The average Bonchev–Trinajstić information content (AvgIpc) is 2.56. The summed E-state index contributed by atoms with van der Waals surface area (Å²) in [6.45, 7) is 0.401. The van der Waals surface area contributed by atoms with E-state index in [0.29, 0.717) is 18.8 Å². The molecule has 3 rings (SSSR count). The number of fused-ring (bicyclic) bond motifs is 1. The van der Waals surface area contributed by atoms with Crippen molar-refractivity contribution in [1.29, 1.82) is 0 Å². The molecule has 2 N–H and O–H groups in total. The lowest BCUT2D eigenvalue weighted by atomic mass is 10.0. The minimum atomic E-state index is -3.51. The second-order valence-electron chi connectivity index (χ2n) is 5.08. The van der Waals surface area contributed by atoms with Gasteiger partial charge in [0.25, 0.3) is 0 Å². The predicted molar refractivity (Wildman–Crippen MR) is 83.4 cm³/mol. The largest absolute Gasteiger partial charge is 0.490 e. The molecule has 2 heterocycles. The second kappa shape index (κ2) is 6.13. The molecule has 122 valence electrons. The highest BCUT2D eigenvalue weighted by molar-refractivity contribution is 7.89. The van der Waals surface area contributed by atoms with Gasteiger partial charge < -0.3 is 10.1 Å². The van der Waals surface area contributed by atoms with E-state index >= 15 is 0 Å². The molecule has 1 atom stereocenters. The second-order valence-corrected chi connectivity index (χ2v) is 6.97. The Bertz CT molecular complexity index is 809. The first-order valence-corrected chi connectivity index (χ1v) is 8.57. The average molecular weight is 337 g/mol. The van der Waals surface area contributed by atoms with Crippen LogP contribution >= 0.6 is 0 Å². The number of hydrogen-bond acceptors (Lipinski definition) is 5. The molecule has 0 fully saturated rings. The Morgan fingerprint density at radius 1 is 1.30 bits per heavy atom. The van der Waals surface area contributed by atoms with Crippen LogP contribution in [0.25, 0.3) is 0 Å². The van der Waals surface area contributed by atoms with Crippen LogP contribution in [0.1, 0.15) is 18.0 Å². The molecule has 2 aromatic rings. The van der Waals surface area contributed by atoms with Crippen LogP contribution in [0.15, 0.2) is 41.4 Å². The van der Waals surface area contributed by atoms with E-state index in [2.05, 4.69) is 15.0 Å². The molecule has 8 heteroatoms. The van der Waals surface area contributed by atoms with Crippen LogP contribution in [0, 0.1) is 5.82 Å². The van der Waals surface area contributed by atoms with Gasteiger partial charge in [-0.05, 0) is 25.2 Å². The SMILES string of the molecule is CNS(=O)(=O)c1ccc(N[C@H]2CCOc3c(F)cccc32)nc1. The number of halogens is 1. The summed E-state index contributed by atoms with van der Waals surface area (Å²) in [5.41, 5.74) is 0.727. The lowest BCUT2D eigenvalue weighted by Crippen LogP contribution is -2.22. The fourth-order valence-electron chi connectivity index (χ4n) is 2.46. The third-order valence-corrected chi connectivity index (χ3v) is 5.06. The number of nitrogens with zero attached hydrogens (tertiary/aromatic N) is 1. The van der Waals surface area contributed by atoms with Gasteiger partial charge in [0.1, 0.15) is 10.7 Å². The number of anilines is 1. The van der Waals surface area contributed by atoms with Crippen molar-refractivity contribution in [3.63, 3.8) is 0 Å². The Morgan fingerprint density at radius 3 is 2.83 bits per heavy atom. The molecule has 23 heavy (non-hydrogen) atoms. The molecule has 0 radical (unpaired) electrons. The van der Waals surface area contributed by atoms with Crippen molar-refractivity contribution < 1.29 is 17.5 Å². The molecule has 0 unspecified atom stereocenters. The third kappa shape index (κ3) is 3.13. The van der Waals surface area contributed by atoms with Crippen LogP contribution in [0.5, 0.6) is 5.75 Å². The van der Waals surface area contributed by atoms with Gasteiger partial charge in [0.15, 0.2) is 11.6 Å². The van der Waals surface area contributed by atoms with Crippen molar-refractivity contribution in [2.45, 2.75) is 17.4 Å². The number of ether oxygens (including phenoxy) is 1. The van der Waals surface area contributed by atoms with E-state index in [1.54, 1.807) is 18.2 Å². The molecule has 1 aromatic carbocycles. The van der Waals surface area contributed by atoms with E-state index in [1.807, 2.05) is 0 Å². The first kappa shape index (κ1) is 15.7. The highest BCUT2D eigenvalue weighted by Gasteiger charge is 2.24. The Kier molecular flexibility index (Phi) is 4.18. The zero-order chi connectivity index (χ0) is 16.4. The molecule has 1 aliphatic heterocycles. The molecule has 0 amide bonds. The Balaban J connectivity index is 1.83. The van der Waals surface area contributed by atoms with Crippen molar-refractivity contribution in [3.8, 4) is 5.75 Å². The van der Waals surface area contributed by atoms with Crippen molar-refractivity contribution in [2.75, 3.05) is 19.0 Å². The summed E-state index contributed by atoms with van der Waals surface area (Å²) in [5, 5.41) is 3.19. The van der Waals surface area contributed by atoms with Gasteiger partial charge in [-0.15, -0.1) is 0 Å². The van der Waals surface area contributed by atoms with Crippen molar-refractivity contribution in [1.82, 2.24) is 9.71 Å². The highest BCUT2D eigenvalue weighted by atomic mass is 32.2. The van der Waals surface area contributed by atoms with Gasteiger partial charge in [0, 0.05) is 18.2 Å². The number of sulfonamides is 1. The Morgan fingerprint density at radius 2 is 2.13 bits per heavy atom. The number of benzene rings is 1. The summed E-state index contributed by atoms with van der Waals surface area (Å²) in [6.07, 6.45) is 1.94. The number of para-hydroxylation sites is 1. The van der Waals surface area contributed by atoms with Gasteiger partial charge in [-0.1, -0.05) is 12.1 Å². The smallest absolute Gasteiger partial charge is 0.241 e. The maximum atomic E-state index is 13.8. The normalized spacial score (nSPS) is 17.2. The number of hydrogen-bond donors (Lipinski definition) is 2. The molecule has 1 aliphatic rings. The van der Waals surface area contributed by atoms with Crippen LogP contribution in [-0.4, -0.2) is 27.1 Å². The highest BCUT2D eigenvalue weighted by Crippen LogP contribution is 2.35. The van der Waals surface area contributed by atoms with Crippen LogP contribution < -0.4 is 14.8 Å². The fourth-order valence-corrected chi connectivity index (χ4v) is 3.13. The van der Waals surface area contributed by atoms with E-state index in [1.165, 1.54) is 25.4 Å². The number of nitrogens with one attached hydrogen (secondary N) is 2. The first-order valence-electron chi connectivity index (χ1n) is 7.08. The summed E-state index contributed by atoms with van der Waals surface area (Å²) in [6, 6.07) is 7.69. The van der Waals surface area contributed by atoms with E-state index < -0.39 is 15.8 Å². The summed E-state index contributed by atoms with van der Waals surface area (Å²) in [7, 11) is -2.17. The van der Waals surface area contributed by atoms with Crippen LogP contribution in [0.2, 0.25) is 0 Å². The summed E-state index contributed by atoms with van der Waals surface area (Å²) >= 11 is 0. The topological polar surface area (TPSA) is 80.3 Å². The Hall–Kier alpha value is -2.19.